The van der Waals surface area contributed by atoms with Crippen LogP contribution >= 0.6 is 11.3 Å². The Labute approximate surface area is 83.0 Å². The van der Waals surface area contributed by atoms with Crippen LogP contribution in [0.4, 0.5) is 0 Å². The van der Waals surface area contributed by atoms with Crippen LogP contribution in [0.5, 0.6) is 0 Å². The summed E-state index contributed by atoms with van der Waals surface area (Å²) >= 11 is 1.83. The van der Waals surface area contributed by atoms with E-state index in [4.69, 9.17) is 5.26 Å². The maximum Gasteiger partial charge on any atom is 0.101 e. The molecule has 0 aromatic carbocycles. The zero-order valence-electron chi connectivity index (χ0n) is 7.89. The third kappa shape index (κ3) is 1.49. The maximum absolute atomic E-state index is 9.01. The Balaban J connectivity index is 2.48. The van der Waals surface area contributed by atoms with Crippen LogP contribution in [-0.2, 0) is 12.8 Å². The van der Waals surface area contributed by atoms with Gasteiger partial charge in [-0.05, 0) is 38.2 Å². The van der Waals surface area contributed by atoms with Gasteiger partial charge in [-0.2, -0.15) is 5.26 Å². The second kappa shape index (κ2) is 3.51. The summed E-state index contributed by atoms with van der Waals surface area (Å²) in [6.45, 7) is 2.07. The largest absolute Gasteiger partial charge is 0.192 e. The van der Waals surface area contributed by atoms with Crippen molar-refractivity contribution >= 4 is 11.3 Å². The fourth-order valence-corrected chi connectivity index (χ4v) is 3.24. The average Bonchev–Trinajstić information content (AvgIpc) is 2.32. The van der Waals surface area contributed by atoms with E-state index >= 15 is 0 Å². The van der Waals surface area contributed by atoms with E-state index in [1.807, 2.05) is 11.3 Å². The molecule has 1 nitrogen and oxygen atoms in total. The van der Waals surface area contributed by atoms with Gasteiger partial charge in [-0.3, -0.25) is 0 Å². The number of hydrogen-bond donors (Lipinski definition) is 0. The first-order chi connectivity index (χ1) is 6.33. The highest BCUT2D eigenvalue weighted by Crippen LogP contribution is 2.32. The summed E-state index contributed by atoms with van der Waals surface area (Å²) in [5, 5.41) is 9.01. The molecule has 0 amide bonds. The normalized spacial score (nSPS) is 16.0. The van der Waals surface area contributed by atoms with Crippen LogP contribution in [0.25, 0.3) is 0 Å². The highest BCUT2D eigenvalue weighted by Gasteiger charge is 2.16. The van der Waals surface area contributed by atoms with Gasteiger partial charge in [-0.15, -0.1) is 11.3 Å². The Morgan fingerprint density at radius 1 is 1.23 bits per heavy atom. The number of hydrogen-bond acceptors (Lipinski definition) is 2. The smallest absolute Gasteiger partial charge is 0.101 e. The molecule has 0 atom stereocenters. The molecule has 2 rings (SSSR count). The van der Waals surface area contributed by atoms with Crippen molar-refractivity contribution in [1.82, 2.24) is 0 Å². The highest BCUT2D eigenvalue weighted by molar-refractivity contribution is 7.12. The van der Waals surface area contributed by atoms with Gasteiger partial charge in [0.2, 0.25) is 0 Å². The van der Waals surface area contributed by atoms with E-state index < -0.39 is 0 Å². The lowest BCUT2D eigenvalue weighted by atomic mass is 10.1. The Morgan fingerprint density at radius 3 is 2.77 bits per heavy atom. The quantitative estimate of drug-likeness (QED) is 0.578. The van der Waals surface area contributed by atoms with Crippen molar-refractivity contribution in [2.24, 2.45) is 0 Å². The summed E-state index contributed by atoms with van der Waals surface area (Å²) in [6.07, 6.45) is 6.21. The highest BCUT2D eigenvalue weighted by atomic mass is 32.1. The van der Waals surface area contributed by atoms with E-state index in [9.17, 15) is 0 Å². The lowest BCUT2D eigenvalue weighted by Gasteiger charge is -1.96. The Morgan fingerprint density at radius 2 is 2.00 bits per heavy atom. The molecule has 0 bridgehead atoms. The molecular formula is C11H13NS. The number of aryl methyl sites for hydroxylation is 2. The van der Waals surface area contributed by atoms with Gasteiger partial charge in [0.15, 0.2) is 0 Å². The molecule has 0 saturated heterocycles. The van der Waals surface area contributed by atoms with Gasteiger partial charge < -0.3 is 0 Å². The van der Waals surface area contributed by atoms with Crippen molar-refractivity contribution < 1.29 is 0 Å². The lowest BCUT2D eigenvalue weighted by Crippen LogP contribution is -1.87. The third-order valence-electron chi connectivity index (χ3n) is 2.71. The van der Waals surface area contributed by atoms with Crippen molar-refractivity contribution in [2.75, 3.05) is 0 Å². The zero-order chi connectivity index (χ0) is 9.26. The van der Waals surface area contributed by atoms with E-state index in [1.165, 1.54) is 41.0 Å². The van der Waals surface area contributed by atoms with Crippen molar-refractivity contribution in [3.8, 4) is 6.07 Å². The number of thiophene rings is 1. The minimum Gasteiger partial charge on any atom is -0.192 e. The van der Waals surface area contributed by atoms with Gasteiger partial charge in [0.05, 0.1) is 5.56 Å². The summed E-state index contributed by atoms with van der Waals surface area (Å²) in [5.41, 5.74) is 2.34. The van der Waals surface area contributed by atoms with Gasteiger partial charge in [-0.25, -0.2) is 0 Å². The second-order valence-electron chi connectivity index (χ2n) is 3.61. The second-order valence-corrected chi connectivity index (χ2v) is 4.92. The molecule has 0 saturated carbocycles. The van der Waals surface area contributed by atoms with Crippen LogP contribution < -0.4 is 0 Å². The predicted molar refractivity (Wildman–Crippen MR) is 55.0 cm³/mol. The number of rotatable bonds is 0. The molecule has 1 aromatic heterocycles. The molecule has 13 heavy (non-hydrogen) atoms. The van der Waals surface area contributed by atoms with Crippen LogP contribution in [0.15, 0.2) is 0 Å². The number of nitriles is 1. The molecule has 0 fully saturated rings. The molecule has 2 heteroatoms. The molecule has 1 aliphatic carbocycles. The van der Waals surface area contributed by atoms with E-state index in [1.54, 1.807) is 0 Å². The first kappa shape index (κ1) is 8.77. The van der Waals surface area contributed by atoms with Crippen molar-refractivity contribution in [3.63, 3.8) is 0 Å². The summed E-state index contributed by atoms with van der Waals surface area (Å²) in [5.74, 6) is 0. The minimum absolute atomic E-state index is 0.974. The molecule has 1 heterocycles. The van der Waals surface area contributed by atoms with Crippen LogP contribution in [0.3, 0.4) is 0 Å². The summed E-state index contributed by atoms with van der Waals surface area (Å²) < 4.78 is 0. The summed E-state index contributed by atoms with van der Waals surface area (Å²) in [4.78, 5) is 2.70. The van der Waals surface area contributed by atoms with Crippen LogP contribution in [0, 0.1) is 18.3 Å². The first-order valence-corrected chi connectivity index (χ1v) is 5.66. The Kier molecular flexibility index (Phi) is 2.37. The third-order valence-corrected chi connectivity index (χ3v) is 3.92. The van der Waals surface area contributed by atoms with Gasteiger partial charge in [0.1, 0.15) is 6.07 Å². The van der Waals surface area contributed by atoms with E-state index in [2.05, 4.69) is 13.0 Å². The monoisotopic (exact) mass is 191 g/mol. The lowest BCUT2D eigenvalue weighted by molar-refractivity contribution is 0.712. The molecule has 0 spiro atoms. The molecule has 0 radical (unpaired) electrons. The molecule has 1 aromatic rings. The fraction of sp³-hybridized carbons (Fsp3) is 0.545. The van der Waals surface area contributed by atoms with Crippen molar-refractivity contribution in [3.05, 3.63) is 20.9 Å². The van der Waals surface area contributed by atoms with E-state index in [-0.39, 0.29) is 0 Å². The van der Waals surface area contributed by atoms with Crippen LogP contribution in [0.2, 0.25) is 0 Å². The number of nitrogens with zero attached hydrogens (tertiary/aromatic N) is 1. The standard InChI is InChI=1S/C11H13NS/c1-8-10(7-12)9-5-3-2-4-6-11(9)13-8/h2-6H2,1H3. The molecule has 0 aliphatic heterocycles. The average molecular weight is 191 g/mol. The van der Waals surface area contributed by atoms with Crippen LogP contribution in [-0.4, -0.2) is 0 Å². The topological polar surface area (TPSA) is 23.8 Å². The zero-order valence-corrected chi connectivity index (χ0v) is 8.71. The Bertz CT molecular complexity index is 357. The minimum atomic E-state index is 0.974. The molecule has 1 aliphatic rings. The molecular weight excluding hydrogens is 178 g/mol. The fourth-order valence-electron chi connectivity index (χ4n) is 2.03. The SMILES string of the molecule is Cc1sc2c(c1C#N)CCCCC2. The summed E-state index contributed by atoms with van der Waals surface area (Å²) in [7, 11) is 0. The first-order valence-electron chi connectivity index (χ1n) is 4.84. The molecule has 68 valence electrons. The molecule has 0 N–H and O–H groups in total. The van der Waals surface area contributed by atoms with Crippen molar-refractivity contribution in [1.29, 1.82) is 5.26 Å². The van der Waals surface area contributed by atoms with Crippen molar-refractivity contribution in [2.45, 2.75) is 39.0 Å². The molecule has 0 unspecified atom stereocenters. The number of fused-ring (bicyclic) bond motifs is 1. The maximum atomic E-state index is 9.01. The van der Waals surface area contributed by atoms with E-state index in [0.717, 1.165) is 12.0 Å². The summed E-state index contributed by atoms with van der Waals surface area (Å²) in [6, 6.07) is 2.34. The Hall–Kier alpha value is -0.810. The van der Waals surface area contributed by atoms with Gasteiger partial charge in [-0.1, -0.05) is 6.42 Å². The van der Waals surface area contributed by atoms with Gasteiger partial charge in [0, 0.05) is 9.75 Å². The van der Waals surface area contributed by atoms with Gasteiger partial charge in [0.25, 0.3) is 0 Å². The van der Waals surface area contributed by atoms with E-state index in [0.29, 0.717) is 0 Å². The van der Waals surface area contributed by atoms with Crippen LogP contribution in [0.1, 0.15) is 40.1 Å². The predicted octanol–water partition coefficient (Wildman–Crippen LogP) is 3.20. The van der Waals surface area contributed by atoms with Gasteiger partial charge >= 0.3 is 0 Å².